The minimum Gasteiger partial charge on any atom is -0.455 e. The van der Waals surface area contributed by atoms with Crippen molar-refractivity contribution in [3.8, 4) is 11.5 Å². The Kier molecular flexibility index (Phi) is 4.41. The SMILES string of the molecule is Cc1ccc(NC(=O)OC(C)(C)C)cc1Oc1ccc2nc(N)nn2c1. The van der Waals surface area contributed by atoms with Gasteiger partial charge in [0.1, 0.15) is 17.1 Å². The second-order valence-corrected chi connectivity index (χ2v) is 6.85. The lowest BCUT2D eigenvalue weighted by Gasteiger charge is -2.20. The van der Waals surface area contributed by atoms with Gasteiger partial charge in [-0.05, 0) is 51.5 Å². The predicted octanol–water partition coefficient (Wildman–Crippen LogP) is 3.76. The average Bonchev–Trinajstić information content (AvgIpc) is 2.88. The number of fused-ring (bicyclic) bond motifs is 1. The van der Waals surface area contributed by atoms with Gasteiger partial charge in [-0.2, -0.15) is 4.98 Å². The fourth-order valence-corrected chi connectivity index (χ4v) is 2.28. The number of benzene rings is 1. The minimum atomic E-state index is -0.566. The predicted molar refractivity (Wildman–Crippen MR) is 98.5 cm³/mol. The summed E-state index contributed by atoms with van der Waals surface area (Å²) in [6, 6.07) is 8.91. The molecule has 1 aromatic carbocycles. The number of nitrogens with two attached hydrogens (primary N) is 1. The van der Waals surface area contributed by atoms with E-state index in [4.69, 9.17) is 15.2 Å². The fourth-order valence-electron chi connectivity index (χ4n) is 2.28. The van der Waals surface area contributed by atoms with Crippen LogP contribution in [0.2, 0.25) is 0 Å². The molecule has 0 bridgehead atoms. The number of nitrogen functional groups attached to an aromatic ring is 1. The monoisotopic (exact) mass is 355 g/mol. The Balaban J connectivity index is 1.79. The molecule has 0 spiro atoms. The van der Waals surface area contributed by atoms with Crippen molar-refractivity contribution in [1.82, 2.24) is 14.6 Å². The highest BCUT2D eigenvalue weighted by Gasteiger charge is 2.16. The van der Waals surface area contributed by atoms with E-state index in [2.05, 4.69) is 15.4 Å². The first-order chi connectivity index (χ1) is 12.2. The van der Waals surface area contributed by atoms with E-state index in [0.717, 1.165) is 5.56 Å². The van der Waals surface area contributed by atoms with Crippen LogP contribution < -0.4 is 15.8 Å². The lowest BCUT2D eigenvalue weighted by atomic mass is 10.2. The number of anilines is 2. The molecule has 136 valence electrons. The van der Waals surface area contributed by atoms with E-state index < -0.39 is 11.7 Å². The van der Waals surface area contributed by atoms with Gasteiger partial charge in [-0.3, -0.25) is 5.32 Å². The maximum Gasteiger partial charge on any atom is 0.412 e. The normalized spacial score (nSPS) is 11.4. The van der Waals surface area contributed by atoms with E-state index in [1.54, 1.807) is 35.0 Å². The molecule has 1 amide bonds. The molecule has 26 heavy (non-hydrogen) atoms. The lowest BCUT2D eigenvalue weighted by Crippen LogP contribution is -2.27. The third kappa shape index (κ3) is 4.21. The smallest absolute Gasteiger partial charge is 0.412 e. The number of ether oxygens (including phenoxy) is 2. The molecule has 0 atom stereocenters. The zero-order valence-corrected chi connectivity index (χ0v) is 15.1. The molecule has 0 aliphatic carbocycles. The Morgan fingerprint density at radius 3 is 2.73 bits per heavy atom. The number of aryl methyl sites for hydroxylation is 1. The molecule has 0 fully saturated rings. The summed E-state index contributed by atoms with van der Waals surface area (Å²) >= 11 is 0. The summed E-state index contributed by atoms with van der Waals surface area (Å²) in [5.41, 5.74) is 7.15. The quantitative estimate of drug-likeness (QED) is 0.741. The van der Waals surface area contributed by atoms with Crippen molar-refractivity contribution < 1.29 is 14.3 Å². The van der Waals surface area contributed by atoms with Crippen molar-refractivity contribution in [2.45, 2.75) is 33.3 Å². The van der Waals surface area contributed by atoms with Crippen molar-refractivity contribution in [2.75, 3.05) is 11.1 Å². The maximum atomic E-state index is 11.9. The Morgan fingerprint density at radius 1 is 1.23 bits per heavy atom. The van der Waals surface area contributed by atoms with Crippen molar-refractivity contribution >= 4 is 23.4 Å². The van der Waals surface area contributed by atoms with Gasteiger partial charge in [-0.25, -0.2) is 9.31 Å². The maximum absolute atomic E-state index is 11.9. The van der Waals surface area contributed by atoms with Gasteiger partial charge in [0.15, 0.2) is 5.65 Å². The van der Waals surface area contributed by atoms with Crippen LogP contribution in [0.5, 0.6) is 11.5 Å². The number of amides is 1. The van der Waals surface area contributed by atoms with Crippen LogP contribution in [0.1, 0.15) is 26.3 Å². The third-order valence-corrected chi connectivity index (χ3v) is 3.38. The largest absolute Gasteiger partial charge is 0.455 e. The van der Waals surface area contributed by atoms with E-state index in [9.17, 15) is 4.79 Å². The molecule has 0 saturated carbocycles. The standard InChI is InChI=1S/C18H21N5O3/c1-11-5-6-12(20-17(24)26-18(2,3)4)9-14(11)25-13-7-8-15-21-16(19)22-23(15)10-13/h5-10H,1-4H3,(H2,19,22)(H,20,24). The van der Waals surface area contributed by atoms with Crippen molar-refractivity contribution in [1.29, 1.82) is 0 Å². The molecular formula is C18H21N5O3. The highest BCUT2D eigenvalue weighted by atomic mass is 16.6. The summed E-state index contributed by atoms with van der Waals surface area (Å²) < 4.78 is 12.7. The summed E-state index contributed by atoms with van der Waals surface area (Å²) in [6.45, 7) is 7.34. The molecule has 0 aliphatic rings. The summed E-state index contributed by atoms with van der Waals surface area (Å²) in [5, 5.41) is 6.76. The third-order valence-electron chi connectivity index (χ3n) is 3.38. The van der Waals surface area contributed by atoms with Gasteiger partial charge in [0, 0.05) is 11.8 Å². The van der Waals surface area contributed by atoms with Gasteiger partial charge in [-0.15, -0.1) is 5.10 Å². The van der Waals surface area contributed by atoms with E-state index in [-0.39, 0.29) is 5.95 Å². The van der Waals surface area contributed by atoms with Crippen molar-refractivity contribution in [2.24, 2.45) is 0 Å². The number of nitrogens with one attached hydrogen (secondary N) is 1. The van der Waals surface area contributed by atoms with Gasteiger partial charge in [-0.1, -0.05) is 6.07 Å². The Bertz CT molecular complexity index is 959. The van der Waals surface area contributed by atoms with Crippen molar-refractivity contribution in [3.05, 3.63) is 42.1 Å². The molecule has 3 rings (SSSR count). The van der Waals surface area contributed by atoms with Crippen LogP contribution in [0.15, 0.2) is 36.5 Å². The van der Waals surface area contributed by atoms with Crippen LogP contribution in [0.4, 0.5) is 16.4 Å². The summed E-state index contributed by atoms with van der Waals surface area (Å²) in [7, 11) is 0. The first-order valence-electron chi connectivity index (χ1n) is 8.10. The Labute approximate surface area is 150 Å². The van der Waals surface area contributed by atoms with Crippen molar-refractivity contribution in [3.63, 3.8) is 0 Å². The molecule has 2 aromatic heterocycles. The number of nitrogens with zero attached hydrogens (tertiary/aromatic N) is 3. The second kappa shape index (κ2) is 6.55. The van der Waals surface area contributed by atoms with Gasteiger partial charge in [0.2, 0.25) is 5.95 Å². The topological polar surface area (TPSA) is 104 Å². The molecular weight excluding hydrogens is 334 g/mol. The zero-order valence-electron chi connectivity index (χ0n) is 15.1. The highest BCUT2D eigenvalue weighted by molar-refractivity contribution is 5.85. The molecule has 3 N–H and O–H groups in total. The number of hydrogen-bond acceptors (Lipinski definition) is 6. The van der Waals surface area contributed by atoms with Crippen LogP contribution in [0, 0.1) is 6.92 Å². The van der Waals surface area contributed by atoms with Crippen LogP contribution in [0.25, 0.3) is 5.65 Å². The summed E-state index contributed by atoms with van der Waals surface area (Å²) in [4.78, 5) is 16.0. The number of aromatic nitrogens is 3. The molecule has 0 aliphatic heterocycles. The fraction of sp³-hybridized carbons (Fsp3) is 0.278. The van der Waals surface area contributed by atoms with Gasteiger partial charge < -0.3 is 15.2 Å². The molecule has 3 aromatic rings. The van der Waals surface area contributed by atoms with Gasteiger partial charge in [0.25, 0.3) is 0 Å². The Hall–Kier alpha value is -3.29. The number of pyridine rings is 1. The lowest BCUT2D eigenvalue weighted by molar-refractivity contribution is 0.0636. The highest BCUT2D eigenvalue weighted by Crippen LogP contribution is 2.28. The molecule has 0 unspecified atom stereocenters. The second-order valence-electron chi connectivity index (χ2n) is 6.85. The number of carbonyl (C=O) groups excluding carboxylic acids is 1. The van der Waals surface area contributed by atoms with Gasteiger partial charge >= 0.3 is 6.09 Å². The van der Waals surface area contributed by atoms with Crippen LogP contribution in [-0.4, -0.2) is 26.3 Å². The Morgan fingerprint density at radius 2 is 2.00 bits per heavy atom. The average molecular weight is 355 g/mol. The zero-order chi connectivity index (χ0) is 18.9. The number of hydrogen-bond donors (Lipinski definition) is 2. The van der Waals surface area contributed by atoms with Crippen LogP contribution in [0.3, 0.4) is 0 Å². The first-order valence-corrected chi connectivity index (χ1v) is 8.10. The van der Waals surface area contributed by atoms with E-state index >= 15 is 0 Å². The number of carbonyl (C=O) groups is 1. The summed E-state index contributed by atoms with van der Waals surface area (Å²) in [5.74, 6) is 1.37. The minimum absolute atomic E-state index is 0.196. The molecule has 0 radical (unpaired) electrons. The van der Waals surface area contributed by atoms with Gasteiger partial charge in [0.05, 0.1) is 6.20 Å². The molecule has 8 heteroatoms. The molecule has 8 nitrogen and oxygen atoms in total. The molecule has 2 heterocycles. The van der Waals surface area contributed by atoms with E-state index in [0.29, 0.717) is 22.8 Å². The molecule has 0 saturated heterocycles. The summed E-state index contributed by atoms with van der Waals surface area (Å²) in [6.07, 6.45) is 1.17. The van der Waals surface area contributed by atoms with Crippen LogP contribution >= 0.6 is 0 Å². The van der Waals surface area contributed by atoms with Crippen LogP contribution in [-0.2, 0) is 4.74 Å². The number of rotatable bonds is 3. The van der Waals surface area contributed by atoms with E-state index in [1.807, 2.05) is 33.8 Å². The van der Waals surface area contributed by atoms with E-state index in [1.165, 1.54) is 0 Å². The first kappa shape index (κ1) is 17.5.